The molecule has 0 aliphatic carbocycles. The first-order valence-electron chi connectivity index (χ1n) is 17.6. The van der Waals surface area contributed by atoms with Gasteiger partial charge in [-0.3, -0.25) is 4.79 Å². The maximum Gasteiger partial charge on any atom is 0.352 e. The molecule has 0 fully saturated rings. The van der Waals surface area contributed by atoms with Crippen LogP contribution in [0.1, 0.15) is 68.4 Å². The fourth-order valence-electron chi connectivity index (χ4n) is 8.01. The molecule has 1 atom stereocenters. The zero-order valence-corrected chi connectivity index (χ0v) is 32.9. The maximum atomic E-state index is 15.2. The van der Waals surface area contributed by atoms with Crippen molar-refractivity contribution >= 4 is 62.6 Å². The van der Waals surface area contributed by atoms with Crippen LogP contribution in [0.4, 0.5) is 5.69 Å². The van der Waals surface area contributed by atoms with Crippen LogP contribution in [0.25, 0.3) is 32.9 Å². The molecule has 0 bridgehead atoms. The molecule has 1 aliphatic rings. The quantitative estimate of drug-likeness (QED) is 0.137. The fourth-order valence-corrected chi connectivity index (χ4v) is 8.36. The summed E-state index contributed by atoms with van der Waals surface area (Å²) in [6.07, 6.45) is 2.67. The minimum absolute atomic E-state index is 0.0475. The molecule has 0 saturated heterocycles. The van der Waals surface area contributed by atoms with E-state index in [-0.39, 0.29) is 24.2 Å². The lowest BCUT2D eigenvalue weighted by Crippen LogP contribution is -2.43. The number of carboxylic acids is 1. The van der Waals surface area contributed by atoms with E-state index in [0.717, 1.165) is 60.9 Å². The van der Waals surface area contributed by atoms with Crippen molar-refractivity contribution in [2.24, 2.45) is 7.05 Å². The molecule has 0 radical (unpaired) electrons. The third kappa shape index (κ3) is 5.90. The summed E-state index contributed by atoms with van der Waals surface area (Å²) in [5, 5.41) is 12.8. The smallest absolute Gasteiger partial charge is 0.352 e. The number of carbonyl (C=O) groups excluding carboxylic acids is 1. The standard InChI is InChI=1S/C41H41Cl2N5O6/c1-20-14-25(15-21(2)35(20)43)54-13-9-10-26-27-11-12-29(42)34(33-23(4)44-19-45-24(33)5)37(27)48-22(3)18-47(40(49)38(26)48)30-17-32(52-7)39(53-8)28-16-31(41(50)51)46(6)36(28)30/h11-12,14-17,19,22H,9-10,13,18H2,1-8H3,(H,50,51)/t22-/m1/s1. The van der Waals surface area contributed by atoms with Crippen LogP contribution >= 0.6 is 23.2 Å². The monoisotopic (exact) mass is 769 g/mol. The van der Waals surface area contributed by atoms with Gasteiger partial charge in [0.1, 0.15) is 23.5 Å². The molecule has 1 amide bonds. The van der Waals surface area contributed by atoms with E-state index >= 15 is 4.79 Å². The van der Waals surface area contributed by atoms with Gasteiger partial charge in [-0.1, -0.05) is 29.3 Å². The Hall–Kier alpha value is -5.26. The van der Waals surface area contributed by atoms with Crippen LogP contribution in [0.5, 0.6) is 17.2 Å². The highest BCUT2D eigenvalue weighted by molar-refractivity contribution is 6.35. The predicted octanol–water partition coefficient (Wildman–Crippen LogP) is 9.08. The van der Waals surface area contributed by atoms with Crippen molar-refractivity contribution in [2.75, 3.05) is 32.3 Å². The van der Waals surface area contributed by atoms with Gasteiger partial charge in [-0.2, -0.15) is 0 Å². The number of hydrogen-bond donors (Lipinski definition) is 1. The largest absolute Gasteiger partial charge is 0.494 e. The van der Waals surface area contributed by atoms with Crippen LogP contribution in [-0.2, 0) is 13.5 Å². The number of carboxylic acid groups (broad SMARTS) is 1. The number of halogens is 2. The second kappa shape index (κ2) is 14.2. The average Bonchev–Trinajstić information content (AvgIpc) is 3.66. The van der Waals surface area contributed by atoms with E-state index in [0.29, 0.717) is 58.3 Å². The summed E-state index contributed by atoms with van der Waals surface area (Å²) in [6, 6.07) is 10.8. The van der Waals surface area contributed by atoms with Crippen LogP contribution in [0, 0.1) is 27.7 Å². The Bertz CT molecular complexity index is 2480. The highest BCUT2D eigenvalue weighted by Gasteiger charge is 2.38. The minimum atomic E-state index is -1.10. The predicted molar refractivity (Wildman–Crippen MR) is 212 cm³/mol. The van der Waals surface area contributed by atoms with Crippen molar-refractivity contribution in [1.82, 2.24) is 19.1 Å². The zero-order chi connectivity index (χ0) is 38.7. The molecule has 0 spiro atoms. The van der Waals surface area contributed by atoms with E-state index in [9.17, 15) is 9.90 Å². The number of rotatable bonds is 10. The van der Waals surface area contributed by atoms with Crippen molar-refractivity contribution in [1.29, 1.82) is 0 Å². The lowest BCUT2D eigenvalue weighted by atomic mass is 9.97. The van der Waals surface area contributed by atoms with Gasteiger partial charge in [-0.25, -0.2) is 14.8 Å². The molecule has 54 heavy (non-hydrogen) atoms. The van der Waals surface area contributed by atoms with Gasteiger partial charge < -0.3 is 33.4 Å². The average molecular weight is 771 g/mol. The van der Waals surface area contributed by atoms with Crippen LogP contribution in [0.2, 0.25) is 10.0 Å². The van der Waals surface area contributed by atoms with Crippen molar-refractivity contribution in [3.05, 3.63) is 92.2 Å². The van der Waals surface area contributed by atoms with Crippen LogP contribution in [0.15, 0.2) is 42.7 Å². The summed E-state index contributed by atoms with van der Waals surface area (Å²) in [4.78, 5) is 38.3. The van der Waals surface area contributed by atoms with E-state index in [4.69, 9.17) is 37.4 Å². The number of aromatic carboxylic acids is 1. The van der Waals surface area contributed by atoms with Gasteiger partial charge in [0.2, 0.25) is 0 Å². The number of aromatic nitrogens is 4. The third-order valence-corrected chi connectivity index (χ3v) is 11.3. The number of benzene rings is 3. The first kappa shape index (κ1) is 37.1. The molecule has 6 aromatic rings. The van der Waals surface area contributed by atoms with E-state index in [1.165, 1.54) is 20.5 Å². The molecule has 1 N–H and O–H groups in total. The SMILES string of the molecule is COc1cc(N2C[C@@H](C)n3c(c(CCCOc4cc(C)c(Cl)c(C)c4)c4ccc(Cl)c(-c5c(C)ncnc5C)c43)C2=O)c2c(cc(C(=O)O)n2C)c1OC. The Balaban J connectivity index is 1.42. The molecule has 11 nitrogen and oxygen atoms in total. The number of nitrogens with zero attached hydrogens (tertiary/aromatic N) is 5. The van der Waals surface area contributed by atoms with Crippen LogP contribution in [-0.4, -0.2) is 63.5 Å². The zero-order valence-electron chi connectivity index (χ0n) is 31.4. The molecule has 3 aromatic heterocycles. The second-order valence-electron chi connectivity index (χ2n) is 13.8. The first-order chi connectivity index (χ1) is 25.8. The summed E-state index contributed by atoms with van der Waals surface area (Å²) < 4.78 is 21.4. The number of carbonyl (C=O) groups is 2. The summed E-state index contributed by atoms with van der Waals surface area (Å²) in [7, 11) is 4.70. The third-order valence-electron chi connectivity index (χ3n) is 10.4. The molecule has 0 saturated carbocycles. The van der Waals surface area contributed by atoms with Crippen molar-refractivity contribution in [3.63, 3.8) is 0 Å². The number of methoxy groups -OCH3 is 2. The number of ether oxygens (including phenoxy) is 3. The topological polar surface area (TPSA) is 121 Å². The lowest BCUT2D eigenvalue weighted by molar-refractivity contribution is 0.0687. The number of aryl methyl sites for hydroxylation is 6. The van der Waals surface area contributed by atoms with Crippen molar-refractivity contribution < 1.29 is 28.9 Å². The molecule has 1 aliphatic heterocycles. The number of anilines is 1. The molecule has 3 aromatic carbocycles. The minimum Gasteiger partial charge on any atom is -0.494 e. The van der Waals surface area contributed by atoms with Gasteiger partial charge in [0.15, 0.2) is 11.5 Å². The molecular formula is C41H41Cl2N5O6. The molecular weight excluding hydrogens is 729 g/mol. The van der Waals surface area contributed by atoms with Gasteiger partial charge in [0.05, 0.1) is 42.6 Å². The summed E-state index contributed by atoms with van der Waals surface area (Å²) >= 11 is 13.5. The normalized spacial score (nSPS) is 14.2. The first-order valence-corrected chi connectivity index (χ1v) is 18.4. The Morgan fingerprint density at radius 3 is 2.26 bits per heavy atom. The van der Waals surface area contributed by atoms with Gasteiger partial charge in [-0.05, 0) is 88.4 Å². The summed E-state index contributed by atoms with van der Waals surface area (Å²) in [6.45, 7) is 10.5. The van der Waals surface area contributed by atoms with E-state index in [1.807, 2.05) is 52.0 Å². The van der Waals surface area contributed by atoms with Crippen molar-refractivity contribution in [3.8, 4) is 28.4 Å². The maximum absolute atomic E-state index is 15.2. The summed E-state index contributed by atoms with van der Waals surface area (Å²) in [5.74, 6) is 0.151. The van der Waals surface area contributed by atoms with E-state index in [1.54, 1.807) is 28.6 Å². The van der Waals surface area contributed by atoms with Gasteiger partial charge in [0, 0.05) is 64.0 Å². The molecule has 0 unspecified atom stereocenters. The Morgan fingerprint density at radius 1 is 0.944 bits per heavy atom. The van der Waals surface area contributed by atoms with Crippen molar-refractivity contribution in [2.45, 2.75) is 53.5 Å². The molecule has 13 heteroatoms. The fraction of sp³-hybridized carbons (Fsp3) is 0.317. The summed E-state index contributed by atoms with van der Waals surface area (Å²) in [5.41, 5.74) is 8.34. The van der Waals surface area contributed by atoms with Gasteiger partial charge >= 0.3 is 5.97 Å². The molecule has 4 heterocycles. The highest BCUT2D eigenvalue weighted by Crippen LogP contribution is 2.48. The molecule has 280 valence electrons. The van der Waals surface area contributed by atoms with Crippen LogP contribution in [0.3, 0.4) is 0 Å². The number of hydrogen-bond acceptors (Lipinski definition) is 7. The second-order valence-corrected chi connectivity index (χ2v) is 14.6. The van der Waals surface area contributed by atoms with Gasteiger partial charge in [0.25, 0.3) is 5.91 Å². The molecule has 7 rings (SSSR count). The highest BCUT2D eigenvalue weighted by atomic mass is 35.5. The van der Waals surface area contributed by atoms with Crippen LogP contribution < -0.4 is 19.1 Å². The van der Waals surface area contributed by atoms with E-state index < -0.39 is 5.97 Å². The Morgan fingerprint density at radius 2 is 1.63 bits per heavy atom. The Labute approximate surface area is 323 Å². The number of amides is 1. The Kier molecular flexibility index (Phi) is 9.74. The van der Waals surface area contributed by atoms with Gasteiger partial charge in [-0.15, -0.1) is 0 Å². The number of fused-ring (bicyclic) bond motifs is 4. The van der Waals surface area contributed by atoms with E-state index in [2.05, 4.69) is 21.5 Å². The lowest BCUT2D eigenvalue weighted by Gasteiger charge is -2.35.